The van der Waals surface area contributed by atoms with Crippen molar-refractivity contribution < 1.29 is 13.9 Å². The summed E-state index contributed by atoms with van der Waals surface area (Å²) in [5, 5.41) is 11.1. The standard InChI is InChI=1S/C22H22FN5O3/c1-2-31-22(30)21-20(16-9-15(23)6-7-17(16)24-21)25-26-27-10-13-8-14(12-27)18-4-3-5-19(29)28(18)11-13/h3-7,9,13-14,24H,2,8,10-12H2,1H3/t13-,14+/m1/s1. The number of nitrogens with zero attached hydrogens (tertiary/aromatic N) is 4. The smallest absolute Gasteiger partial charge is 0.357 e. The van der Waals surface area contributed by atoms with Gasteiger partial charge in [-0.15, -0.1) is 5.11 Å². The monoisotopic (exact) mass is 423 g/mol. The van der Waals surface area contributed by atoms with Gasteiger partial charge in [-0.2, -0.15) is 0 Å². The van der Waals surface area contributed by atoms with Crippen molar-refractivity contribution >= 4 is 22.6 Å². The number of piperidine rings is 1. The summed E-state index contributed by atoms with van der Waals surface area (Å²) in [6.07, 6.45) is 1.00. The summed E-state index contributed by atoms with van der Waals surface area (Å²) in [6.45, 7) is 3.87. The number of fused-ring (bicyclic) bond motifs is 5. The molecule has 2 aliphatic rings. The van der Waals surface area contributed by atoms with E-state index in [2.05, 4.69) is 15.3 Å². The molecule has 1 aromatic carbocycles. The molecule has 2 aromatic heterocycles. The number of hydrogen-bond donors (Lipinski definition) is 1. The van der Waals surface area contributed by atoms with Gasteiger partial charge in [-0.25, -0.2) is 9.18 Å². The lowest BCUT2D eigenvalue weighted by molar-refractivity contribution is 0.0521. The Balaban J connectivity index is 1.47. The van der Waals surface area contributed by atoms with Crippen molar-refractivity contribution in [2.24, 2.45) is 16.3 Å². The molecular formula is C22H22FN5O3. The molecule has 2 atom stereocenters. The fourth-order valence-corrected chi connectivity index (χ4v) is 4.66. The topological polar surface area (TPSA) is 92.1 Å². The zero-order valence-electron chi connectivity index (χ0n) is 17.0. The zero-order valence-corrected chi connectivity index (χ0v) is 17.0. The number of ether oxygens (including phenoxy) is 1. The molecule has 0 saturated carbocycles. The Bertz CT molecular complexity index is 1250. The van der Waals surface area contributed by atoms with Crippen LogP contribution in [0.3, 0.4) is 0 Å². The molecule has 31 heavy (non-hydrogen) atoms. The average molecular weight is 423 g/mol. The molecule has 5 rings (SSSR count). The minimum Gasteiger partial charge on any atom is -0.461 e. The highest BCUT2D eigenvalue weighted by molar-refractivity contribution is 6.04. The number of hydrogen-bond acceptors (Lipinski definition) is 5. The average Bonchev–Trinajstić information content (AvgIpc) is 3.11. The first-order chi connectivity index (χ1) is 15.0. The molecule has 2 aliphatic heterocycles. The van der Waals surface area contributed by atoms with Crippen molar-refractivity contribution in [1.29, 1.82) is 0 Å². The van der Waals surface area contributed by atoms with E-state index < -0.39 is 11.8 Å². The minimum absolute atomic E-state index is 0.0298. The van der Waals surface area contributed by atoms with E-state index in [0.29, 0.717) is 30.5 Å². The summed E-state index contributed by atoms with van der Waals surface area (Å²) in [6, 6.07) is 9.59. The third-order valence-corrected chi connectivity index (χ3v) is 5.94. The van der Waals surface area contributed by atoms with E-state index in [4.69, 9.17) is 4.74 Å². The molecule has 1 saturated heterocycles. The molecule has 9 heteroatoms. The van der Waals surface area contributed by atoms with E-state index in [9.17, 15) is 14.0 Å². The molecule has 8 nitrogen and oxygen atoms in total. The van der Waals surface area contributed by atoms with Crippen LogP contribution in [0.5, 0.6) is 0 Å². The largest absolute Gasteiger partial charge is 0.461 e. The summed E-state index contributed by atoms with van der Waals surface area (Å²) in [5.74, 6) is -0.509. The number of halogens is 1. The van der Waals surface area contributed by atoms with Gasteiger partial charge in [0.25, 0.3) is 5.56 Å². The Morgan fingerprint density at radius 2 is 2.13 bits per heavy atom. The van der Waals surface area contributed by atoms with Crippen molar-refractivity contribution in [2.45, 2.75) is 25.8 Å². The second-order valence-electron chi connectivity index (χ2n) is 8.02. The fourth-order valence-electron chi connectivity index (χ4n) is 4.66. The number of esters is 1. The van der Waals surface area contributed by atoms with E-state index in [0.717, 1.165) is 12.1 Å². The summed E-state index contributed by atoms with van der Waals surface area (Å²) in [4.78, 5) is 27.6. The van der Waals surface area contributed by atoms with Crippen molar-refractivity contribution in [3.63, 3.8) is 0 Å². The molecule has 4 heterocycles. The highest BCUT2D eigenvalue weighted by Crippen LogP contribution is 2.36. The summed E-state index contributed by atoms with van der Waals surface area (Å²) in [7, 11) is 0. The Kier molecular flexibility index (Phi) is 4.80. The minimum atomic E-state index is -0.558. The Morgan fingerprint density at radius 3 is 2.97 bits per heavy atom. The van der Waals surface area contributed by atoms with E-state index in [1.165, 1.54) is 12.1 Å². The van der Waals surface area contributed by atoms with E-state index in [1.54, 1.807) is 25.1 Å². The van der Waals surface area contributed by atoms with Crippen LogP contribution in [0.4, 0.5) is 10.1 Å². The van der Waals surface area contributed by atoms with E-state index >= 15 is 0 Å². The van der Waals surface area contributed by atoms with Crippen LogP contribution < -0.4 is 5.56 Å². The van der Waals surface area contributed by atoms with Gasteiger partial charge in [-0.3, -0.25) is 9.80 Å². The highest BCUT2D eigenvalue weighted by Gasteiger charge is 2.34. The Hall–Kier alpha value is -3.49. The van der Waals surface area contributed by atoms with Crippen LogP contribution in [-0.2, 0) is 11.3 Å². The number of nitrogens with one attached hydrogen (secondary N) is 1. The van der Waals surface area contributed by atoms with Crippen LogP contribution in [0.15, 0.2) is 51.5 Å². The molecule has 0 radical (unpaired) electrons. The first-order valence-corrected chi connectivity index (χ1v) is 10.4. The lowest BCUT2D eigenvalue weighted by atomic mass is 9.84. The van der Waals surface area contributed by atoms with Crippen molar-refractivity contribution in [1.82, 2.24) is 14.6 Å². The van der Waals surface area contributed by atoms with Crippen LogP contribution in [-0.4, -0.2) is 40.2 Å². The van der Waals surface area contributed by atoms with Gasteiger partial charge >= 0.3 is 5.97 Å². The van der Waals surface area contributed by atoms with Crippen molar-refractivity contribution in [3.8, 4) is 0 Å². The maximum absolute atomic E-state index is 13.9. The van der Waals surface area contributed by atoms with Crippen LogP contribution in [0, 0.1) is 11.7 Å². The number of pyridine rings is 1. The second-order valence-corrected chi connectivity index (χ2v) is 8.02. The van der Waals surface area contributed by atoms with Gasteiger partial charge < -0.3 is 14.3 Å². The van der Waals surface area contributed by atoms with Gasteiger partial charge in [0.15, 0.2) is 5.69 Å². The van der Waals surface area contributed by atoms with Crippen molar-refractivity contribution in [3.05, 3.63) is 64.0 Å². The zero-order chi connectivity index (χ0) is 21.5. The number of H-pyrrole nitrogens is 1. The number of rotatable bonds is 4. The van der Waals surface area contributed by atoms with Crippen LogP contribution in [0.2, 0.25) is 0 Å². The van der Waals surface area contributed by atoms with Gasteiger partial charge in [0, 0.05) is 48.2 Å². The molecule has 1 fully saturated rings. The number of aromatic amines is 1. The third-order valence-electron chi connectivity index (χ3n) is 5.94. The molecule has 0 spiro atoms. The maximum Gasteiger partial charge on any atom is 0.357 e. The predicted octanol–water partition coefficient (Wildman–Crippen LogP) is 3.76. The first kappa shape index (κ1) is 19.5. The van der Waals surface area contributed by atoms with Crippen molar-refractivity contribution in [2.75, 3.05) is 19.7 Å². The first-order valence-electron chi connectivity index (χ1n) is 10.4. The van der Waals surface area contributed by atoms with Gasteiger partial charge in [0.2, 0.25) is 0 Å². The molecular weight excluding hydrogens is 401 g/mol. The SMILES string of the molecule is CCOC(=O)c1[nH]c2ccc(F)cc2c1N=NN1C[C@H]2C[C@@H](C1)c1cccc(=O)n1C2. The number of carbonyl (C=O) groups is 1. The van der Waals surface area contributed by atoms with Crippen LogP contribution >= 0.6 is 0 Å². The Labute approximate surface area is 177 Å². The summed E-state index contributed by atoms with van der Waals surface area (Å²) >= 11 is 0. The summed E-state index contributed by atoms with van der Waals surface area (Å²) < 4.78 is 20.8. The number of carbonyl (C=O) groups excluding carboxylic acids is 1. The molecule has 3 aromatic rings. The molecule has 1 N–H and O–H groups in total. The van der Waals surface area contributed by atoms with Gasteiger partial charge in [0.1, 0.15) is 11.5 Å². The molecule has 2 bridgehead atoms. The predicted molar refractivity (Wildman–Crippen MR) is 112 cm³/mol. The third kappa shape index (κ3) is 3.49. The van der Waals surface area contributed by atoms with E-state index in [1.807, 2.05) is 15.6 Å². The number of benzene rings is 1. The fraction of sp³-hybridized carbons (Fsp3) is 0.364. The van der Waals surface area contributed by atoms with Gasteiger partial charge in [-0.05, 0) is 43.5 Å². The number of aromatic nitrogens is 2. The van der Waals surface area contributed by atoms with E-state index in [-0.39, 0.29) is 35.4 Å². The summed E-state index contributed by atoms with van der Waals surface area (Å²) in [5.41, 5.74) is 2.05. The Morgan fingerprint density at radius 1 is 1.26 bits per heavy atom. The molecule has 0 aliphatic carbocycles. The van der Waals surface area contributed by atoms with Crippen LogP contribution in [0.1, 0.15) is 35.4 Å². The molecule has 0 unspecified atom stereocenters. The lowest BCUT2D eigenvalue weighted by Gasteiger charge is -2.40. The quantitative estimate of drug-likeness (QED) is 0.511. The normalized spacial score (nSPS) is 20.3. The molecule has 160 valence electrons. The highest BCUT2D eigenvalue weighted by atomic mass is 19.1. The van der Waals surface area contributed by atoms with Crippen LogP contribution in [0.25, 0.3) is 10.9 Å². The lowest BCUT2D eigenvalue weighted by Crippen LogP contribution is -2.45. The van der Waals surface area contributed by atoms with Gasteiger partial charge in [-0.1, -0.05) is 11.3 Å². The molecule has 0 amide bonds. The second kappa shape index (κ2) is 7.64. The maximum atomic E-state index is 13.9. The van der Waals surface area contributed by atoms with Gasteiger partial charge in [0.05, 0.1) is 6.61 Å².